The Hall–Kier alpha value is -0.860. The van der Waals surface area contributed by atoms with E-state index in [1.54, 1.807) is 0 Å². The summed E-state index contributed by atoms with van der Waals surface area (Å²) < 4.78 is 0. The smallest absolute Gasteiger partial charge is 0.0234 e. The molecule has 0 radical (unpaired) electrons. The van der Waals surface area contributed by atoms with Crippen molar-refractivity contribution < 1.29 is 0 Å². The first-order valence-corrected chi connectivity index (χ1v) is 7.18. The average Bonchev–Trinajstić information content (AvgIpc) is 3.14. The molecular formula is C16H26N2. The second kappa shape index (κ2) is 6.35. The van der Waals surface area contributed by atoms with E-state index in [-0.39, 0.29) is 0 Å². The fraction of sp³-hybridized carbons (Fsp3) is 0.625. The Labute approximate surface area is 111 Å². The molecule has 1 saturated carbocycles. The highest BCUT2D eigenvalue weighted by Gasteiger charge is 2.22. The molecule has 0 bridgehead atoms. The quantitative estimate of drug-likeness (QED) is 0.795. The van der Waals surface area contributed by atoms with Crippen LogP contribution in [0, 0.1) is 6.92 Å². The molecule has 1 aliphatic carbocycles. The van der Waals surface area contributed by atoms with Crippen LogP contribution in [0.15, 0.2) is 24.3 Å². The zero-order chi connectivity index (χ0) is 13.0. The van der Waals surface area contributed by atoms with Gasteiger partial charge in [-0.2, -0.15) is 0 Å². The van der Waals surface area contributed by atoms with Crippen molar-refractivity contribution in [3.8, 4) is 0 Å². The lowest BCUT2D eigenvalue weighted by atomic mass is 10.1. The number of hydrogen-bond donors (Lipinski definition) is 1. The summed E-state index contributed by atoms with van der Waals surface area (Å²) >= 11 is 0. The highest BCUT2D eigenvalue weighted by molar-refractivity contribution is 5.22. The second-order valence-electron chi connectivity index (χ2n) is 5.65. The molecule has 0 spiro atoms. The number of nitrogens with one attached hydrogen (secondary N) is 1. The standard InChI is InChI=1S/C16H26N2/c1-4-16(11-17-15-8-9-15)18(3)12-14-7-5-6-13(2)10-14/h5-7,10,15-17H,4,8-9,11-12H2,1-3H3. The van der Waals surface area contributed by atoms with Gasteiger partial charge in [0, 0.05) is 25.2 Å². The van der Waals surface area contributed by atoms with Crippen LogP contribution in [0.3, 0.4) is 0 Å². The molecule has 1 aromatic carbocycles. The SMILES string of the molecule is CCC(CNC1CC1)N(C)Cc1cccc(C)c1. The molecule has 1 N–H and O–H groups in total. The van der Waals surface area contributed by atoms with Crippen molar-refractivity contribution in [2.24, 2.45) is 0 Å². The molecule has 1 unspecified atom stereocenters. The minimum atomic E-state index is 0.645. The fourth-order valence-electron chi connectivity index (χ4n) is 2.43. The van der Waals surface area contributed by atoms with Crippen molar-refractivity contribution in [1.82, 2.24) is 10.2 Å². The van der Waals surface area contributed by atoms with E-state index in [0.717, 1.165) is 19.1 Å². The summed E-state index contributed by atoms with van der Waals surface area (Å²) in [7, 11) is 2.24. The maximum absolute atomic E-state index is 3.64. The van der Waals surface area contributed by atoms with Gasteiger partial charge in [0.05, 0.1) is 0 Å². The molecule has 0 amide bonds. The molecule has 1 aromatic rings. The Morgan fingerprint density at radius 1 is 1.39 bits per heavy atom. The van der Waals surface area contributed by atoms with Crippen molar-refractivity contribution in [3.63, 3.8) is 0 Å². The van der Waals surface area contributed by atoms with E-state index >= 15 is 0 Å². The van der Waals surface area contributed by atoms with Gasteiger partial charge in [-0.1, -0.05) is 36.8 Å². The van der Waals surface area contributed by atoms with Crippen molar-refractivity contribution in [1.29, 1.82) is 0 Å². The minimum absolute atomic E-state index is 0.645. The van der Waals surface area contributed by atoms with Gasteiger partial charge in [-0.3, -0.25) is 4.90 Å². The summed E-state index contributed by atoms with van der Waals surface area (Å²) in [5.41, 5.74) is 2.77. The molecule has 0 aliphatic heterocycles. The lowest BCUT2D eigenvalue weighted by molar-refractivity contribution is 0.221. The number of nitrogens with zero attached hydrogens (tertiary/aromatic N) is 1. The van der Waals surface area contributed by atoms with Gasteiger partial charge < -0.3 is 5.32 Å². The lowest BCUT2D eigenvalue weighted by Gasteiger charge is -2.27. The van der Waals surface area contributed by atoms with Crippen LogP contribution in [-0.2, 0) is 6.54 Å². The summed E-state index contributed by atoms with van der Waals surface area (Å²) in [6.07, 6.45) is 3.96. The van der Waals surface area contributed by atoms with Crippen LogP contribution in [0.4, 0.5) is 0 Å². The van der Waals surface area contributed by atoms with Crippen LogP contribution < -0.4 is 5.32 Å². The molecule has 100 valence electrons. The summed E-state index contributed by atoms with van der Waals surface area (Å²) in [5.74, 6) is 0. The van der Waals surface area contributed by atoms with Crippen molar-refractivity contribution >= 4 is 0 Å². The first-order valence-electron chi connectivity index (χ1n) is 7.18. The fourth-order valence-corrected chi connectivity index (χ4v) is 2.43. The average molecular weight is 246 g/mol. The Bertz CT molecular complexity index is 371. The van der Waals surface area contributed by atoms with E-state index in [4.69, 9.17) is 0 Å². The highest BCUT2D eigenvalue weighted by atomic mass is 15.2. The number of rotatable bonds is 7. The Morgan fingerprint density at radius 2 is 2.17 bits per heavy atom. The molecule has 0 heterocycles. The van der Waals surface area contributed by atoms with E-state index in [9.17, 15) is 0 Å². The van der Waals surface area contributed by atoms with Gasteiger partial charge in [0.25, 0.3) is 0 Å². The van der Waals surface area contributed by atoms with Crippen LogP contribution in [0.1, 0.15) is 37.3 Å². The normalized spacial score (nSPS) is 17.1. The molecule has 1 fully saturated rings. The predicted octanol–water partition coefficient (Wildman–Crippen LogP) is 2.96. The van der Waals surface area contributed by atoms with Gasteiger partial charge in [-0.25, -0.2) is 0 Å². The third-order valence-electron chi connectivity index (χ3n) is 3.83. The first kappa shape index (κ1) is 13.6. The Kier molecular flexibility index (Phi) is 4.79. The minimum Gasteiger partial charge on any atom is -0.312 e. The van der Waals surface area contributed by atoms with Crippen LogP contribution >= 0.6 is 0 Å². The zero-order valence-corrected chi connectivity index (χ0v) is 11.9. The Morgan fingerprint density at radius 3 is 2.78 bits per heavy atom. The van der Waals surface area contributed by atoms with Gasteiger partial charge in [0.15, 0.2) is 0 Å². The summed E-state index contributed by atoms with van der Waals surface area (Å²) in [5, 5.41) is 3.64. The van der Waals surface area contributed by atoms with E-state index in [1.165, 1.54) is 30.4 Å². The third-order valence-corrected chi connectivity index (χ3v) is 3.83. The van der Waals surface area contributed by atoms with Crippen LogP contribution in [0.25, 0.3) is 0 Å². The van der Waals surface area contributed by atoms with Crippen LogP contribution in [0.2, 0.25) is 0 Å². The third kappa shape index (κ3) is 4.11. The molecular weight excluding hydrogens is 220 g/mol. The molecule has 2 nitrogen and oxygen atoms in total. The predicted molar refractivity (Wildman–Crippen MR) is 77.7 cm³/mol. The molecule has 2 rings (SSSR count). The first-order chi connectivity index (χ1) is 8.69. The van der Waals surface area contributed by atoms with Gasteiger partial charge in [0.1, 0.15) is 0 Å². The van der Waals surface area contributed by atoms with Gasteiger partial charge >= 0.3 is 0 Å². The number of likely N-dealkylation sites (N-methyl/N-ethyl adjacent to an activating group) is 1. The van der Waals surface area contributed by atoms with E-state index < -0.39 is 0 Å². The van der Waals surface area contributed by atoms with Crippen LogP contribution in [0.5, 0.6) is 0 Å². The van der Waals surface area contributed by atoms with Crippen molar-refractivity contribution in [2.45, 2.75) is 51.7 Å². The molecule has 1 aliphatic rings. The largest absolute Gasteiger partial charge is 0.312 e. The number of benzene rings is 1. The maximum Gasteiger partial charge on any atom is 0.0234 e. The van der Waals surface area contributed by atoms with E-state index in [1.807, 2.05) is 0 Å². The van der Waals surface area contributed by atoms with E-state index in [2.05, 4.69) is 55.4 Å². The molecule has 0 saturated heterocycles. The zero-order valence-electron chi connectivity index (χ0n) is 11.9. The van der Waals surface area contributed by atoms with Crippen molar-refractivity contribution in [3.05, 3.63) is 35.4 Å². The molecule has 1 atom stereocenters. The second-order valence-corrected chi connectivity index (χ2v) is 5.65. The van der Waals surface area contributed by atoms with Crippen LogP contribution in [-0.4, -0.2) is 30.6 Å². The Balaban J connectivity index is 1.85. The molecule has 0 aromatic heterocycles. The number of aryl methyl sites for hydroxylation is 1. The summed E-state index contributed by atoms with van der Waals surface area (Å²) in [6.45, 7) is 6.62. The maximum atomic E-state index is 3.64. The summed E-state index contributed by atoms with van der Waals surface area (Å²) in [6, 6.07) is 10.3. The van der Waals surface area contributed by atoms with Gasteiger partial charge in [-0.15, -0.1) is 0 Å². The number of hydrogen-bond acceptors (Lipinski definition) is 2. The summed E-state index contributed by atoms with van der Waals surface area (Å²) in [4.78, 5) is 2.48. The molecule has 18 heavy (non-hydrogen) atoms. The van der Waals surface area contributed by atoms with Gasteiger partial charge in [-0.05, 0) is 38.8 Å². The monoisotopic (exact) mass is 246 g/mol. The lowest BCUT2D eigenvalue weighted by Crippen LogP contribution is -2.40. The topological polar surface area (TPSA) is 15.3 Å². The highest BCUT2D eigenvalue weighted by Crippen LogP contribution is 2.19. The van der Waals surface area contributed by atoms with E-state index in [0.29, 0.717) is 6.04 Å². The molecule has 2 heteroatoms. The van der Waals surface area contributed by atoms with Crippen molar-refractivity contribution in [2.75, 3.05) is 13.6 Å². The van der Waals surface area contributed by atoms with Gasteiger partial charge in [0.2, 0.25) is 0 Å².